The highest BCUT2D eigenvalue weighted by atomic mass is 35.5. The van der Waals surface area contributed by atoms with Crippen LogP contribution in [-0.4, -0.2) is 12.6 Å². The molecule has 2 heteroatoms. The SMILES string of the molecule is CC1CCCC[NH2+]1.[Cl-]. The maximum absolute atomic E-state index is 2.43. The van der Waals surface area contributed by atoms with Crippen molar-refractivity contribution in [2.24, 2.45) is 0 Å². The van der Waals surface area contributed by atoms with Crippen LogP contribution in [0.15, 0.2) is 0 Å². The van der Waals surface area contributed by atoms with Crippen LogP contribution < -0.4 is 17.7 Å². The van der Waals surface area contributed by atoms with Crippen LogP contribution in [0.5, 0.6) is 0 Å². The fourth-order valence-electron chi connectivity index (χ4n) is 1.13. The van der Waals surface area contributed by atoms with E-state index in [-0.39, 0.29) is 12.4 Å². The summed E-state index contributed by atoms with van der Waals surface area (Å²) >= 11 is 0. The molecule has 1 nitrogen and oxygen atoms in total. The Morgan fingerprint density at radius 3 is 2.38 bits per heavy atom. The molecule has 8 heavy (non-hydrogen) atoms. The number of hydrogen-bond acceptors (Lipinski definition) is 0. The van der Waals surface area contributed by atoms with E-state index >= 15 is 0 Å². The number of nitrogens with two attached hydrogens (primary N) is 1. The fourth-order valence-corrected chi connectivity index (χ4v) is 1.13. The minimum Gasteiger partial charge on any atom is -1.00 e. The van der Waals surface area contributed by atoms with Gasteiger partial charge in [-0.3, -0.25) is 0 Å². The molecular weight excluding hydrogens is 122 g/mol. The molecule has 0 spiro atoms. The molecule has 0 saturated carbocycles. The number of halogens is 1. The zero-order valence-electron chi connectivity index (χ0n) is 5.36. The first-order valence-electron chi connectivity index (χ1n) is 3.23. The molecule has 0 aliphatic carbocycles. The van der Waals surface area contributed by atoms with Crippen LogP contribution in [0.4, 0.5) is 0 Å². The van der Waals surface area contributed by atoms with E-state index in [1.807, 2.05) is 0 Å². The van der Waals surface area contributed by atoms with Crippen molar-refractivity contribution in [3.8, 4) is 0 Å². The standard InChI is InChI=1S/C6H13N.ClH/c1-6-4-2-3-5-7-6;/h6-7H,2-5H2,1H3;1H. The first kappa shape index (κ1) is 8.25. The maximum atomic E-state index is 2.43. The van der Waals surface area contributed by atoms with Crippen molar-refractivity contribution in [1.82, 2.24) is 0 Å². The summed E-state index contributed by atoms with van der Waals surface area (Å²) in [5.74, 6) is 0. The van der Waals surface area contributed by atoms with E-state index < -0.39 is 0 Å². The Hall–Kier alpha value is 0.250. The van der Waals surface area contributed by atoms with Crippen LogP contribution >= 0.6 is 0 Å². The molecule has 0 amide bonds. The molecule has 0 aromatic carbocycles. The van der Waals surface area contributed by atoms with Crippen molar-refractivity contribution >= 4 is 0 Å². The van der Waals surface area contributed by atoms with Gasteiger partial charge in [-0.05, 0) is 26.2 Å². The molecule has 0 aromatic rings. The highest BCUT2D eigenvalue weighted by molar-refractivity contribution is 4.50. The molecule has 50 valence electrons. The van der Waals surface area contributed by atoms with Gasteiger partial charge in [-0.15, -0.1) is 0 Å². The summed E-state index contributed by atoms with van der Waals surface area (Å²) in [7, 11) is 0. The molecule has 1 atom stereocenters. The summed E-state index contributed by atoms with van der Waals surface area (Å²) < 4.78 is 0. The normalized spacial score (nSPS) is 28.9. The summed E-state index contributed by atoms with van der Waals surface area (Å²) in [4.78, 5) is 0. The summed E-state index contributed by atoms with van der Waals surface area (Å²) in [6.45, 7) is 3.67. The molecule has 1 aliphatic heterocycles. The lowest BCUT2D eigenvalue weighted by Crippen LogP contribution is -3.00. The lowest BCUT2D eigenvalue weighted by atomic mass is 10.1. The van der Waals surface area contributed by atoms with Crippen molar-refractivity contribution < 1.29 is 17.7 Å². The monoisotopic (exact) mass is 135 g/mol. The van der Waals surface area contributed by atoms with Gasteiger partial charge in [0.2, 0.25) is 0 Å². The van der Waals surface area contributed by atoms with E-state index in [1.165, 1.54) is 25.8 Å². The van der Waals surface area contributed by atoms with Crippen LogP contribution in [0, 0.1) is 0 Å². The topological polar surface area (TPSA) is 16.6 Å². The molecule has 2 N–H and O–H groups in total. The van der Waals surface area contributed by atoms with Gasteiger partial charge in [-0.25, -0.2) is 0 Å². The van der Waals surface area contributed by atoms with Crippen molar-refractivity contribution in [3.63, 3.8) is 0 Å². The number of rotatable bonds is 0. The van der Waals surface area contributed by atoms with E-state index in [0.717, 1.165) is 6.04 Å². The van der Waals surface area contributed by atoms with Crippen molar-refractivity contribution in [2.75, 3.05) is 6.54 Å². The quantitative estimate of drug-likeness (QED) is 0.368. The van der Waals surface area contributed by atoms with E-state index in [1.54, 1.807) is 0 Å². The molecule has 1 rings (SSSR count). The average molecular weight is 136 g/mol. The van der Waals surface area contributed by atoms with Crippen molar-refractivity contribution in [3.05, 3.63) is 0 Å². The summed E-state index contributed by atoms with van der Waals surface area (Å²) in [5, 5.41) is 2.43. The van der Waals surface area contributed by atoms with Crippen LogP contribution in [0.2, 0.25) is 0 Å². The highest BCUT2D eigenvalue weighted by Crippen LogP contribution is 1.98. The molecule has 1 fully saturated rings. The minimum absolute atomic E-state index is 0. The van der Waals surface area contributed by atoms with Crippen LogP contribution in [0.1, 0.15) is 26.2 Å². The van der Waals surface area contributed by atoms with E-state index in [0.29, 0.717) is 0 Å². The number of quaternary nitrogens is 1. The smallest absolute Gasteiger partial charge is 0.0830 e. The van der Waals surface area contributed by atoms with Gasteiger partial charge in [0.25, 0.3) is 0 Å². The van der Waals surface area contributed by atoms with Crippen molar-refractivity contribution in [1.29, 1.82) is 0 Å². The van der Waals surface area contributed by atoms with E-state index in [4.69, 9.17) is 0 Å². The second-order valence-electron chi connectivity index (χ2n) is 2.50. The summed E-state index contributed by atoms with van der Waals surface area (Å²) in [5.41, 5.74) is 0. The van der Waals surface area contributed by atoms with Crippen LogP contribution in [-0.2, 0) is 0 Å². The Morgan fingerprint density at radius 1 is 1.38 bits per heavy atom. The average Bonchev–Trinajstić information content (AvgIpc) is 1.69. The molecule has 1 saturated heterocycles. The number of piperidine rings is 1. The van der Waals surface area contributed by atoms with Gasteiger partial charge in [-0.2, -0.15) is 0 Å². The maximum Gasteiger partial charge on any atom is 0.0830 e. The van der Waals surface area contributed by atoms with Gasteiger partial charge in [-0.1, -0.05) is 0 Å². The predicted molar refractivity (Wildman–Crippen MR) is 30.1 cm³/mol. The largest absolute Gasteiger partial charge is 1.00 e. The Balaban J connectivity index is 0.000000490. The Kier molecular flexibility index (Phi) is 4.29. The van der Waals surface area contributed by atoms with Crippen LogP contribution in [0.3, 0.4) is 0 Å². The highest BCUT2D eigenvalue weighted by Gasteiger charge is 2.08. The molecule has 0 bridgehead atoms. The summed E-state index contributed by atoms with van der Waals surface area (Å²) in [6.07, 6.45) is 4.32. The first-order valence-corrected chi connectivity index (χ1v) is 3.23. The first-order chi connectivity index (χ1) is 3.39. The van der Waals surface area contributed by atoms with Gasteiger partial charge in [0.1, 0.15) is 0 Å². The molecule has 0 aromatic heterocycles. The lowest BCUT2D eigenvalue weighted by molar-refractivity contribution is -0.694. The Morgan fingerprint density at radius 2 is 2.12 bits per heavy atom. The molecule has 0 radical (unpaired) electrons. The fraction of sp³-hybridized carbons (Fsp3) is 1.00. The molecule has 1 heterocycles. The zero-order chi connectivity index (χ0) is 5.11. The Labute approximate surface area is 57.3 Å². The second-order valence-corrected chi connectivity index (χ2v) is 2.50. The van der Waals surface area contributed by atoms with Gasteiger partial charge < -0.3 is 17.7 Å². The van der Waals surface area contributed by atoms with Crippen LogP contribution in [0.25, 0.3) is 0 Å². The molecule has 1 aliphatic rings. The van der Waals surface area contributed by atoms with Gasteiger partial charge in [0.05, 0.1) is 12.6 Å². The third-order valence-corrected chi connectivity index (χ3v) is 1.68. The Bertz CT molecular complexity index is 50.5. The van der Waals surface area contributed by atoms with Gasteiger partial charge in [0, 0.05) is 0 Å². The zero-order valence-corrected chi connectivity index (χ0v) is 6.12. The van der Waals surface area contributed by atoms with E-state index in [9.17, 15) is 0 Å². The minimum atomic E-state index is 0. The van der Waals surface area contributed by atoms with Gasteiger partial charge >= 0.3 is 0 Å². The third-order valence-electron chi connectivity index (χ3n) is 1.68. The van der Waals surface area contributed by atoms with Crippen molar-refractivity contribution in [2.45, 2.75) is 32.2 Å². The third kappa shape index (κ3) is 2.53. The molecular formula is C6H14ClN. The predicted octanol–water partition coefficient (Wildman–Crippen LogP) is -2.87. The molecule has 1 unspecified atom stereocenters. The second kappa shape index (κ2) is 4.16. The van der Waals surface area contributed by atoms with Gasteiger partial charge in [0.15, 0.2) is 0 Å². The van der Waals surface area contributed by atoms with E-state index in [2.05, 4.69) is 12.2 Å². The lowest BCUT2D eigenvalue weighted by Gasteiger charge is -2.14. The number of hydrogen-bond donors (Lipinski definition) is 1. The summed E-state index contributed by atoms with van der Waals surface area (Å²) in [6, 6.07) is 0.911.